The second-order valence-corrected chi connectivity index (χ2v) is 4.46. The largest absolute Gasteiger partial charge is 0.477 e. The molecule has 1 aliphatic heterocycles. The predicted molar refractivity (Wildman–Crippen MR) is 69.6 cm³/mol. The lowest BCUT2D eigenvalue weighted by atomic mass is 10.1. The summed E-state index contributed by atoms with van der Waals surface area (Å²) in [6.07, 6.45) is 1.89. The number of hydrogen-bond donors (Lipinski definition) is 3. The molecule has 0 aromatic heterocycles. The number of nitrogens with zero attached hydrogens (tertiary/aromatic N) is 1. The quantitative estimate of drug-likeness (QED) is 0.562. The van der Waals surface area contributed by atoms with Crippen molar-refractivity contribution >= 4 is 17.3 Å². The molecule has 0 bridgehead atoms. The van der Waals surface area contributed by atoms with Crippen molar-refractivity contribution in [2.75, 3.05) is 18.4 Å². The molecule has 1 saturated heterocycles. The third-order valence-corrected chi connectivity index (χ3v) is 3.13. The van der Waals surface area contributed by atoms with Crippen LogP contribution in [0, 0.1) is 10.1 Å². The van der Waals surface area contributed by atoms with Crippen LogP contribution < -0.4 is 10.6 Å². The SMILES string of the molecule is O=C(O)c1cc(NC2CCNCC2)ccc1[N+](=O)[O-]. The van der Waals surface area contributed by atoms with Crippen LogP contribution in [0.15, 0.2) is 18.2 Å². The fourth-order valence-corrected chi connectivity index (χ4v) is 2.16. The molecular formula is C12H15N3O4. The van der Waals surface area contributed by atoms with Crippen molar-refractivity contribution in [3.8, 4) is 0 Å². The van der Waals surface area contributed by atoms with E-state index in [1.54, 1.807) is 6.07 Å². The number of anilines is 1. The standard InChI is InChI=1S/C12H15N3O4/c16-12(17)10-7-9(1-2-11(10)15(18)19)14-8-3-5-13-6-4-8/h1-2,7-8,13-14H,3-6H2,(H,16,17). The molecule has 2 rings (SSSR count). The minimum absolute atomic E-state index is 0.268. The molecule has 1 heterocycles. The van der Waals surface area contributed by atoms with Gasteiger partial charge in [0.25, 0.3) is 5.69 Å². The van der Waals surface area contributed by atoms with E-state index in [4.69, 9.17) is 5.11 Å². The molecule has 0 aliphatic carbocycles. The van der Waals surface area contributed by atoms with Crippen LogP contribution in [0.2, 0.25) is 0 Å². The Morgan fingerprint density at radius 3 is 2.68 bits per heavy atom. The number of hydrogen-bond acceptors (Lipinski definition) is 5. The monoisotopic (exact) mass is 265 g/mol. The number of aromatic carboxylic acids is 1. The Balaban J connectivity index is 2.20. The number of nitrogens with one attached hydrogen (secondary N) is 2. The second kappa shape index (κ2) is 5.66. The van der Waals surface area contributed by atoms with Gasteiger partial charge in [-0.25, -0.2) is 4.79 Å². The Morgan fingerprint density at radius 2 is 2.11 bits per heavy atom. The molecule has 1 aliphatic rings. The first kappa shape index (κ1) is 13.3. The van der Waals surface area contributed by atoms with E-state index in [-0.39, 0.29) is 17.3 Å². The van der Waals surface area contributed by atoms with Gasteiger partial charge in [0.1, 0.15) is 5.56 Å². The number of benzene rings is 1. The summed E-state index contributed by atoms with van der Waals surface area (Å²) >= 11 is 0. The molecule has 19 heavy (non-hydrogen) atoms. The molecule has 0 radical (unpaired) electrons. The zero-order valence-electron chi connectivity index (χ0n) is 10.3. The number of carboxylic acids is 1. The van der Waals surface area contributed by atoms with Gasteiger partial charge in [0.2, 0.25) is 0 Å². The topological polar surface area (TPSA) is 104 Å². The molecule has 7 nitrogen and oxygen atoms in total. The van der Waals surface area contributed by atoms with E-state index in [0.717, 1.165) is 25.9 Å². The lowest BCUT2D eigenvalue weighted by molar-refractivity contribution is -0.385. The molecule has 0 atom stereocenters. The third kappa shape index (κ3) is 3.19. The highest BCUT2D eigenvalue weighted by Crippen LogP contribution is 2.24. The van der Waals surface area contributed by atoms with Gasteiger partial charge in [0, 0.05) is 17.8 Å². The first-order chi connectivity index (χ1) is 9.08. The van der Waals surface area contributed by atoms with Gasteiger partial charge in [-0.2, -0.15) is 0 Å². The molecule has 0 unspecified atom stereocenters. The summed E-state index contributed by atoms with van der Waals surface area (Å²) in [7, 11) is 0. The van der Waals surface area contributed by atoms with Gasteiger partial charge < -0.3 is 15.7 Å². The Morgan fingerprint density at radius 1 is 1.42 bits per heavy atom. The van der Waals surface area contributed by atoms with Crippen molar-refractivity contribution in [2.45, 2.75) is 18.9 Å². The fraction of sp³-hybridized carbons (Fsp3) is 0.417. The Kier molecular flexibility index (Phi) is 3.96. The van der Waals surface area contributed by atoms with Crippen molar-refractivity contribution in [3.63, 3.8) is 0 Å². The molecular weight excluding hydrogens is 250 g/mol. The summed E-state index contributed by atoms with van der Waals surface area (Å²) < 4.78 is 0. The Bertz CT molecular complexity index is 498. The van der Waals surface area contributed by atoms with Gasteiger partial charge >= 0.3 is 5.97 Å². The molecule has 0 saturated carbocycles. The minimum Gasteiger partial charge on any atom is -0.477 e. The number of rotatable bonds is 4. The van der Waals surface area contributed by atoms with Crippen molar-refractivity contribution in [1.82, 2.24) is 5.32 Å². The Labute approximate surface area is 109 Å². The normalized spacial score (nSPS) is 16.0. The van der Waals surface area contributed by atoms with Crippen LogP contribution in [0.5, 0.6) is 0 Å². The number of carboxylic acid groups (broad SMARTS) is 1. The highest BCUT2D eigenvalue weighted by Gasteiger charge is 2.21. The molecule has 0 spiro atoms. The van der Waals surface area contributed by atoms with Crippen molar-refractivity contribution < 1.29 is 14.8 Å². The van der Waals surface area contributed by atoms with Crippen LogP contribution in [-0.4, -0.2) is 35.1 Å². The Hall–Kier alpha value is -2.15. The molecule has 1 fully saturated rings. The first-order valence-electron chi connectivity index (χ1n) is 6.07. The van der Waals surface area contributed by atoms with Crippen molar-refractivity contribution in [1.29, 1.82) is 0 Å². The van der Waals surface area contributed by atoms with E-state index in [1.807, 2.05) is 0 Å². The summed E-state index contributed by atoms with van der Waals surface area (Å²) in [5.41, 5.74) is -0.0674. The zero-order valence-corrected chi connectivity index (χ0v) is 10.3. The maximum absolute atomic E-state index is 11.0. The second-order valence-electron chi connectivity index (χ2n) is 4.46. The number of carbonyl (C=O) groups is 1. The summed E-state index contributed by atoms with van der Waals surface area (Å²) in [5, 5.41) is 26.2. The van der Waals surface area contributed by atoms with Crippen molar-refractivity contribution in [3.05, 3.63) is 33.9 Å². The van der Waals surface area contributed by atoms with Gasteiger partial charge in [-0.15, -0.1) is 0 Å². The molecule has 1 aromatic rings. The molecule has 7 heteroatoms. The maximum atomic E-state index is 11.0. The minimum atomic E-state index is -1.29. The van der Waals surface area contributed by atoms with E-state index in [1.165, 1.54) is 12.1 Å². The predicted octanol–water partition coefficient (Wildman–Crippen LogP) is 1.46. The fourth-order valence-electron chi connectivity index (χ4n) is 2.16. The van der Waals surface area contributed by atoms with E-state index >= 15 is 0 Å². The summed E-state index contributed by atoms with van der Waals surface area (Å²) in [4.78, 5) is 21.1. The van der Waals surface area contributed by atoms with Crippen LogP contribution in [0.3, 0.4) is 0 Å². The van der Waals surface area contributed by atoms with Gasteiger partial charge in [0.05, 0.1) is 4.92 Å². The van der Waals surface area contributed by atoms with Crippen LogP contribution in [-0.2, 0) is 0 Å². The smallest absolute Gasteiger partial charge is 0.342 e. The number of piperidine rings is 1. The van der Waals surface area contributed by atoms with E-state index in [0.29, 0.717) is 5.69 Å². The van der Waals surface area contributed by atoms with E-state index < -0.39 is 10.9 Å². The van der Waals surface area contributed by atoms with Crippen LogP contribution >= 0.6 is 0 Å². The maximum Gasteiger partial charge on any atom is 0.342 e. The number of nitro benzene ring substituents is 1. The van der Waals surface area contributed by atoms with Crippen LogP contribution in [0.25, 0.3) is 0 Å². The lowest BCUT2D eigenvalue weighted by Crippen LogP contribution is -2.35. The van der Waals surface area contributed by atoms with Crippen molar-refractivity contribution in [2.24, 2.45) is 0 Å². The molecule has 102 valence electrons. The summed E-state index contributed by atoms with van der Waals surface area (Å²) in [5.74, 6) is -1.29. The molecule has 1 aromatic carbocycles. The number of nitro groups is 1. The van der Waals surface area contributed by atoms with E-state index in [9.17, 15) is 14.9 Å². The average Bonchev–Trinajstić information content (AvgIpc) is 2.39. The van der Waals surface area contributed by atoms with Crippen LogP contribution in [0.1, 0.15) is 23.2 Å². The van der Waals surface area contributed by atoms with Crippen LogP contribution in [0.4, 0.5) is 11.4 Å². The van der Waals surface area contributed by atoms with Gasteiger partial charge in [-0.05, 0) is 38.1 Å². The highest BCUT2D eigenvalue weighted by molar-refractivity contribution is 5.93. The van der Waals surface area contributed by atoms with E-state index in [2.05, 4.69) is 10.6 Å². The molecule has 3 N–H and O–H groups in total. The van der Waals surface area contributed by atoms with Gasteiger partial charge in [0.15, 0.2) is 0 Å². The molecule has 0 amide bonds. The third-order valence-electron chi connectivity index (χ3n) is 3.13. The zero-order chi connectivity index (χ0) is 13.8. The first-order valence-corrected chi connectivity index (χ1v) is 6.07. The highest BCUT2D eigenvalue weighted by atomic mass is 16.6. The summed E-state index contributed by atoms with van der Waals surface area (Å²) in [6, 6.07) is 4.37. The lowest BCUT2D eigenvalue weighted by Gasteiger charge is -2.24. The van der Waals surface area contributed by atoms with Gasteiger partial charge in [-0.1, -0.05) is 0 Å². The van der Waals surface area contributed by atoms with Gasteiger partial charge in [-0.3, -0.25) is 10.1 Å². The summed E-state index contributed by atoms with van der Waals surface area (Å²) in [6.45, 7) is 1.83. The average molecular weight is 265 g/mol.